The molecule has 1 amide bonds. The molecule has 1 N–H and O–H groups in total. The van der Waals surface area contributed by atoms with E-state index in [-0.39, 0.29) is 23.7 Å². The van der Waals surface area contributed by atoms with Gasteiger partial charge in [0.2, 0.25) is 5.91 Å². The van der Waals surface area contributed by atoms with E-state index in [0.717, 1.165) is 0 Å². The molecule has 0 saturated heterocycles. The summed E-state index contributed by atoms with van der Waals surface area (Å²) in [4.78, 5) is 16.0. The lowest BCUT2D eigenvalue weighted by Crippen LogP contribution is -2.41. The SMILES string of the molecule is CC(C)(C)NC(=O)Cc1cn2cc(F)ccc2n1. The fourth-order valence-corrected chi connectivity index (χ4v) is 1.73. The zero-order chi connectivity index (χ0) is 13.3. The van der Waals surface area contributed by atoms with E-state index in [1.165, 1.54) is 12.3 Å². The lowest BCUT2D eigenvalue weighted by Gasteiger charge is -2.19. The molecule has 96 valence electrons. The van der Waals surface area contributed by atoms with Gasteiger partial charge in [0.25, 0.3) is 0 Å². The molecule has 0 saturated carbocycles. The summed E-state index contributed by atoms with van der Waals surface area (Å²) in [7, 11) is 0. The summed E-state index contributed by atoms with van der Waals surface area (Å²) in [5.41, 5.74) is 1.000. The predicted molar refractivity (Wildman–Crippen MR) is 66.7 cm³/mol. The minimum atomic E-state index is -0.328. The first-order chi connectivity index (χ1) is 8.33. The van der Waals surface area contributed by atoms with E-state index >= 15 is 0 Å². The summed E-state index contributed by atoms with van der Waals surface area (Å²) in [6, 6.07) is 2.93. The van der Waals surface area contributed by atoms with Crippen molar-refractivity contribution in [2.45, 2.75) is 32.7 Å². The number of aromatic nitrogens is 2. The molecule has 0 aliphatic carbocycles. The summed E-state index contributed by atoms with van der Waals surface area (Å²) in [5, 5.41) is 2.86. The van der Waals surface area contributed by atoms with Crippen LogP contribution in [0.15, 0.2) is 24.5 Å². The quantitative estimate of drug-likeness (QED) is 0.884. The van der Waals surface area contributed by atoms with Gasteiger partial charge in [0.05, 0.1) is 12.1 Å². The number of hydrogen-bond acceptors (Lipinski definition) is 2. The third kappa shape index (κ3) is 3.06. The van der Waals surface area contributed by atoms with Gasteiger partial charge in [0.1, 0.15) is 11.5 Å². The number of carbonyl (C=O) groups is 1. The Balaban J connectivity index is 2.15. The third-order valence-corrected chi connectivity index (χ3v) is 2.32. The van der Waals surface area contributed by atoms with Gasteiger partial charge in [-0.05, 0) is 32.9 Å². The van der Waals surface area contributed by atoms with Gasteiger partial charge >= 0.3 is 0 Å². The fourth-order valence-electron chi connectivity index (χ4n) is 1.73. The lowest BCUT2D eigenvalue weighted by atomic mass is 10.1. The number of nitrogens with one attached hydrogen (secondary N) is 1. The van der Waals surface area contributed by atoms with E-state index < -0.39 is 0 Å². The van der Waals surface area contributed by atoms with E-state index in [1.54, 1.807) is 16.7 Å². The number of fused-ring (bicyclic) bond motifs is 1. The molecule has 18 heavy (non-hydrogen) atoms. The van der Waals surface area contributed by atoms with Crippen LogP contribution in [0.4, 0.5) is 4.39 Å². The zero-order valence-electron chi connectivity index (χ0n) is 10.7. The monoisotopic (exact) mass is 249 g/mol. The highest BCUT2D eigenvalue weighted by atomic mass is 19.1. The average molecular weight is 249 g/mol. The first-order valence-corrected chi connectivity index (χ1v) is 5.78. The predicted octanol–water partition coefficient (Wildman–Crippen LogP) is 1.93. The van der Waals surface area contributed by atoms with Crippen molar-refractivity contribution in [2.75, 3.05) is 0 Å². The van der Waals surface area contributed by atoms with E-state index in [2.05, 4.69) is 10.3 Å². The Labute approximate surface area is 105 Å². The molecule has 4 nitrogen and oxygen atoms in total. The van der Waals surface area contributed by atoms with Crippen LogP contribution in [0, 0.1) is 5.82 Å². The largest absolute Gasteiger partial charge is 0.351 e. The van der Waals surface area contributed by atoms with E-state index in [4.69, 9.17) is 0 Å². The first kappa shape index (κ1) is 12.5. The van der Waals surface area contributed by atoms with Crippen molar-refractivity contribution in [1.29, 1.82) is 0 Å². The maximum absolute atomic E-state index is 13.0. The minimum Gasteiger partial charge on any atom is -0.351 e. The fraction of sp³-hybridized carbons (Fsp3) is 0.385. The number of carbonyl (C=O) groups excluding carboxylic acids is 1. The van der Waals surface area contributed by atoms with Crippen LogP contribution in [-0.2, 0) is 11.2 Å². The standard InChI is InChI=1S/C13H16FN3O/c1-13(2,3)16-12(18)6-10-8-17-7-9(14)4-5-11(17)15-10/h4-5,7-8H,6H2,1-3H3,(H,16,18). The van der Waals surface area contributed by atoms with Gasteiger partial charge in [0.15, 0.2) is 0 Å². The number of amides is 1. The Kier molecular flexibility index (Phi) is 3.07. The second-order valence-corrected chi connectivity index (χ2v) is 5.32. The maximum atomic E-state index is 13.0. The van der Waals surface area contributed by atoms with Gasteiger partial charge in [-0.25, -0.2) is 9.37 Å². The molecule has 0 fully saturated rings. The van der Waals surface area contributed by atoms with Crippen molar-refractivity contribution in [3.05, 3.63) is 36.0 Å². The van der Waals surface area contributed by atoms with Crippen molar-refractivity contribution in [1.82, 2.24) is 14.7 Å². The van der Waals surface area contributed by atoms with Crippen LogP contribution in [0.5, 0.6) is 0 Å². The van der Waals surface area contributed by atoms with Gasteiger partial charge in [-0.15, -0.1) is 0 Å². The second-order valence-electron chi connectivity index (χ2n) is 5.32. The topological polar surface area (TPSA) is 46.4 Å². The van der Waals surface area contributed by atoms with Crippen LogP contribution < -0.4 is 5.32 Å². The molecular weight excluding hydrogens is 233 g/mol. The summed E-state index contributed by atoms with van der Waals surface area (Å²) >= 11 is 0. The van der Waals surface area contributed by atoms with Crippen molar-refractivity contribution in [3.8, 4) is 0 Å². The molecule has 0 spiro atoms. The molecule has 2 aromatic rings. The number of nitrogens with zero attached hydrogens (tertiary/aromatic N) is 2. The molecule has 0 radical (unpaired) electrons. The van der Waals surface area contributed by atoms with Crippen molar-refractivity contribution in [2.24, 2.45) is 0 Å². The molecule has 0 aliphatic rings. The highest BCUT2D eigenvalue weighted by Gasteiger charge is 2.15. The summed E-state index contributed by atoms with van der Waals surface area (Å²) in [6.45, 7) is 5.76. The highest BCUT2D eigenvalue weighted by Crippen LogP contribution is 2.08. The molecule has 2 rings (SSSR count). The van der Waals surface area contributed by atoms with E-state index in [0.29, 0.717) is 11.3 Å². The molecule has 5 heteroatoms. The number of rotatable bonds is 2. The smallest absolute Gasteiger partial charge is 0.226 e. The van der Waals surface area contributed by atoms with Crippen molar-refractivity contribution in [3.63, 3.8) is 0 Å². The number of hydrogen-bond donors (Lipinski definition) is 1. The van der Waals surface area contributed by atoms with Crippen LogP contribution >= 0.6 is 0 Å². The van der Waals surface area contributed by atoms with E-state index in [9.17, 15) is 9.18 Å². The van der Waals surface area contributed by atoms with Gasteiger partial charge in [0, 0.05) is 17.9 Å². The Morgan fingerprint density at radius 1 is 1.39 bits per heavy atom. The molecule has 2 aromatic heterocycles. The number of pyridine rings is 1. The highest BCUT2D eigenvalue weighted by molar-refractivity contribution is 5.78. The van der Waals surface area contributed by atoms with Gasteiger partial charge in [-0.1, -0.05) is 0 Å². The molecule has 0 aromatic carbocycles. The molecule has 2 heterocycles. The Morgan fingerprint density at radius 3 is 2.78 bits per heavy atom. The van der Waals surface area contributed by atoms with Crippen LogP contribution in [0.25, 0.3) is 5.65 Å². The van der Waals surface area contributed by atoms with Crippen LogP contribution in [0.2, 0.25) is 0 Å². The second kappa shape index (κ2) is 4.40. The van der Waals surface area contributed by atoms with Gasteiger partial charge < -0.3 is 9.72 Å². The van der Waals surface area contributed by atoms with Crippen molar-refractivity contribution < 1.29 is 9.18 Å². The van der Waals surface area contributed by atoms with E-state index in [1.807, 2.05) is 20.8 Å². The summed E-state index contributed by atoms with van der Waals surface area (Å²) < 4.78 is 14.6. The van der Waals surface area contributed by atoms with Gasteiger partial charge in [-0.3, -0.25) is 4.79 Å². The zero-order valence-corrected chi connectivity index (χ0v) is 10.7. The minimum absolute atomic E-state index is 0.0913. The first-order valence-electron chi connectivity index (χ1n) is 5.78. The third-order valence-electron chi connectivity index (χ3n) is 2.32. The summed E-state index contributed by atoms with van der Waals surface area (Å²) in [6.07, 6.45) is 3.20. The van der Waals surface area contributed by atoms with Crippen LogP contribution in [0.3, 0.4) is 0 Å². The van der Waals surface area contributed by atoms with Crippen LogP contribution in [-0.4, -0.2) is 20.8 Å². The summed E-state index contributed by atoms with van der Waals surface area (Å²) in [5.74, 6) is -0.419. The van der Waals surface area contributed by atoms with Crippen molar-refractivity contribution >= 4 is 11.6 Å². The normalized spacial score (nSPS) is 11.8. The maximum Gasteiger partial charge on any atom is 0.226 e. The Morgan fingerprint density at radius 2 is 2.11 bits per heavy atom. The molecule has 0 unspecified atom stereocenters. The van der Waals surface area contributed by atoms with Crippen LogP contribution in [0.1, 0.15) is 26.5 Å². The number of imidazole rings is 1. The lowest BCUT2D eigenvalue weighted by molar-refractivity contribution is -0.121. The molecule has 0 atom stereocenters. The molecule has 0 bridgehead atoms. The number of halogens is 1. The average Bonchev–Trinajstić information content (AvgIpc) is 2.55. The Hall–Kier alpha value is -1.91. The molecule has 0 aliphatic heterocycles. The van der Waals surface area contributed by atoms with Gasteiger partial charge in [-0.2, -0.15) is 0 Å². The molecular formula is C13H16FN3O. The Bertz CT molecular complexity index is 583.